The lowest BCUT2D eigenvalue weighted by Crippen LogP contribution is -2.36. The van der Waals surface area contributed by atoms with Gasteiger partial charge in [0.2, 0.25) is 0 Å². The Labute approximate surface area is 128 Å². The third kappa shape index (κ3) is 4.31. The van der Waals surface area contributed by atoms with E-state index in [4.69, 9.17) is 0 Å². The highest BCUT2D eigenvalue weighted by Crippen LogP contribution is 2.14. The minimum Gasteiger partial charge on any atom is -0.352 e. The van der Waals surface area contributed by atoms with Crippen LogP contribution in [0.15, 0.2) is 22.5 Å². The molecule has 0 aliphatic heterocycles. The highest BCUT2D eigenvalue weighted by Gasteiger charge is 2.03. The molecule has 108 valence electrons. The van der Waals surface area contributed by atoms with Crippen molar-refractivity contribution in [3.63, 3.8) is 0 Å². The minimum atomic E-state index is 0.708. The van der Waals surface area contributed by atoms with Gasteiger partial charge in [0.1, 0.15) is 0 Å². The van der Waals surface area contributed by atoms with Crippen LogP contribution in [0.5, 0.6) is 0 Å². The van der Waals surface area contributed by atoms with Crippen molar-refractivity contribution in [2.24, 2.45) is 4.99 Å². The van der Waals surface area contributed by atoms with Gasteiger partial charge in [0.25, 0.3) is 0 Å². The first kappa shape index (κ1) is 15.0. The van der Waals surface area contributed by atoms with Crippen molar-refractivity contribution < 1.29 is 0 Å². The summed E-state index contributed by atoms with van der Waals surface area (Å²) in [4.78, 5) is 11.4. The summed E-state index contributed by atoms with van der Waals surface area (Å²) in [7, 11) is 1.79. The average Bonchev–Trinajstić information content (AvgIpc) is 3.08. The number of hydrogen-bond acceptors (Lipinski definition) is 4. The van der Waals surface area contributed by atoms with Crippen molar-refractivity contribution in [2.45, 2.75) is 33.4 Å². The van der Waals surface area contributed by atoms with Crippen LogP contribution in [0.3, 0.4) is 0 Å². The molecule has 0 bridgehead atoms. The number of nitrogens with zero attached hydrogens (tertiary/aromatic N) is 2. The van der Waals surface area contributed by atoms with Gasteiger partial charge in [-0.2, -0.15) is 0 Å². The highest BCUT2D eigenvalue weighted by molar-refractivity contribution is 7.11. The molecule has 2 heterocycles. The van der Waals surface area contributed by atoms with Crippen molar-refractivity contribution in [1.29, 1.82) is 0 Å². The average molecular weight is 308 g/mol. The Morgan fingerprint density at radius 3 is 2.70 bits per heavy atom. The van der Waals surface area contributed by atoms with Gasteiger partial charge < -0.3 is 10.6 Å². The van der Waals surface area contributed by atoms with Crippen molar-refractivity contribution >= 4 is 28.6 Å². The topological polar surface area (TPSA) is 49.3 Å². The van der Waals surface area contributed by atoms with Crippen LogP contribution >= 0.6 is 22.7 Å². The molecule has 6 heteroatoms. The quantitative estimate of drug-likeness (QED) is 0.659. The number of thiazole rings is 1. The van der Waals surface area contributed by atoms with E-state index >= 15 is 0 Å². The van der Waals surface area contributed by atoms with Crippen LogP contribution in [0.4, 0.5) is 0 Å². The molecule has 0 amide bonds. The molecule has 0 aliphatic carbocycles. The van der Waals surface area contributed by atoms with Crippen molar-refractivity contribution in [2.75, 3.05) is 7.05 Å². The first-order valence-electron chi connectivity index (χ1n) is 6.64. The number of nitrogens with one attached hydrogen (secondary N) is 2. The van der Waals surface area contributed by atoms with Crippen molar-refractivity contribution in [3.05, 3.63) is 38.0 Å². The van der Waals surface area contributed by atoms with E-state index in [2.05, 4.69) is 52.0 Å². The van der Waals surface area contributed by atoms with Gasteiger partial charge in [-0.15, -0.1) is 22.7 Å². The smallest absolute Gasteiger partial charge is 0.191 e. The zero-order valence-electron chi connectivity index (χ0n) is 12.1. The summed E-state index contributed by atoms with van der Waals surface area (Å²) >= 11 is 3.52. The standard InChI is InChI=1S/C14H20N4S2/c1-4-13-18-11(9-19-13)7-16-14(15-3)17-8-12-6-5-10(2)20-12/h5-6,9H,4,7-8H2,1-3H3,(H2,15,16,17). The van der Waals surface area contributed by atoms with E-state index in [1.807, 2.05) is 0 Å². The normalized spacial score (nSPS) is 11.7. The second kappa shape index (κ2) is 7.40. The Kier molecular flexibility index (Phi) is 5.55. The van der Waals surface area contributed by atoms with Gasteiger partial charge in [0.05, 0.1) is 23.8 Å². The zero-order valence-corrected chi connectivity index (χ0v) is 13.7. The molecular formula is C14H20N4S2. The summed E-state index contributed by atoms with van der Waals surface area (Å²) in [5.41, 5.74) is 1.07. The molecule has 0 fully saturated rings. The van der Waals surface area contributed by atoms with Crippen molar-refractivity contribution in [3.8, 4) is 0 Å². The van der Waals surface area contributed by atoms with Crippen LogP contribution in [0.25, 0.3) is 0 Å². The van der Waals surface area contributed by atoms with E-state index < -0.39 is 0 Å². The van der Waals surface area contributed by atoms with E-state index in [1.54, 1.807) is 29.7 Å². The summed E-state index contributed by atoms with van der Waals surface area (Å²) in [6.07, 6.45) is 0.995. The number of hydrogen-bond donors (Lipinski definition) is 2. The Hall–Kier alpha value is -1.40. The van der Waals surface area contributed by atoms with Crippen LogP contribution in [0.1, 0.15) is 27.4 Å². The maximum Gasteiger partial charge on any atom is 0.191 e. The molecule has 2 aromatic heterocycles. The second-order valence-corrected chi connectivity index (χ2v) is 6.69. The number of thiophene rings is 1. The molecular weight excluding hydrogens is 288 g/mol. The number of rotatable bonds is 5. The Bertz CT molecular complexity index is 571. The lowest BCUT2D eigenvalue weighted by molar-refractivity contribution is 0.800. The fraction of sp³-hybridized carbons (Fsp3) is 0.429. The Morgan fingerprint density at radius 2 is 2.10 bits per heavy atom. The molecule has 0 saturated carbocycles. The summed E-state index contributed by atoms with van der Waals surface area (Å²) in [5.74, 6) is 0.808. The van der Waals surface area contributed by atoms with E-state index in [9.17, 15) is 0 Å². The Morgan fingerprint density at radius 1 is 1.30 bits per heavy atom. The van der Waals surface area contributed by atoms with Gasteiger partial charge in [-0.05, 0) is 25.5 Å². The minimum absolute atomic E-state index is 0.708. The van der Waals surface area contributed by atoms with E-state index in [-0.39, 0.29) is 0 Å². The van der Waals surface area contributed by atoms with E-state index in [0.29, 0.717) is 6.54 Å². The lowest BCUT2D eigenvalue weighted by Gasteiger charge is -2.09. The maximum absolute atomic E-state index is 4.53. The summed E-state index contributed by atoms with van der Waals surface area (Å²) < 4.78 is 0. The van der Waals surface area contributed by atoms with Gasteiger partial charge >= 0.3 is 0 Å². The summed E-state index contributed by atoms with van der Waals surface area (Å²) in [5, 5.41) is 9.88. The SMILES string of the molecule is CCc1nc(CNC(=NC)NCc2ccc(C)s2)cs1. The van der Waals surface area contributed by atoms with Gasteiger partial charge in [-0.25, -0.2) is 4.98 Å². The number of aryl methyl sites for hydroxylation is 2. The zero-order chi connectivity index (χ0) is 14.4. The number of guanidine groups is 1. The van der Waals surface area contributed by atoms with Gasteiger partial charge in [-0.3, -0.25) is 4.99 Å². The van der Waals surface area contributed by atoms with Gasteiger partial charge in [0, 0.05) is 22.2 Å². The molecule has 0 radical (unpaired) electrons. The van der Waals surface area contributed by atoms with Gasteiger partial charge in [0.15, 0.2) is 5.96 Å². The van der Waals surface area contributed by atoms with E-state index in [1.165, 1.54) is 14.8 Å². The molecule has 2 aromatic rings. The fourth-order valence-corrected chi connectivity index (χ4v) is 3.31. The molecule has 0 unspecified atom stereocenters. The molecule has 20 heavy (non-hydrogen) atoms. The molecule has 2 rings (SSSR count). The summed E-state index contributed by atoms with van der Waals surface area (Å²) in [6.45, 7) is 5.75. The predicted octanol–water partition coefficient (Wildman–Crippen LogP) is 2.94. The molecule has 0 saturated heterocycles. The largest absolute Gasteiger partial charge is 0.352 e. The molecule has 4 nitrogen and oxygen atoms in total. The molecule has 0 aliphatic rings. The Balaban J connectivity index is 1.80. The maximum atomic E-state index is 4.53. The molecule has 2 N–H and O–H groups in total. The fourth-order valence-electron chi connectivity index (χ4n) is 1.74. The number of aromatic nitrogens is 1. The first-order chi connectivity index (χ1) is 9.71. The highest BCUT2D eigenvalue weighted by atomic mass is 32.1. The van der Waals surface area contributed by atoms with Crippen LogP contribution in [0, 0.1) is 6.92 Å². The molecule has 0 atom stereocenters. The van der Waals surface area contributed by atoms with Crippen LogP contribution in [-0.2, 0) is 19.5 Å². The third-order valence-corrected chi connectivity index (χ3v) is 4.83. The van der Waals surface area contributed by atoms with Crippen LogP contribution in [-0.4, -0.2) is 18.0 Å². The molecule has 0 aromatic carbocycles. The summed E-state index contributed by atoms with van der Waals surface area (Å²) in [6, 6.07) is 4.29. The lowest BCUT2D eigenvalue weighted by atomic mass is 10.4. The second-order valence-electron chi connectivity index (χ2n) is 4.38. The first-order valence-corrected chi connectivity index (χ1v) is 8.34. The predicted molar refractivity (Wildman–Crippen MR) is 87.6 cm³/mol. The van der Waals surface area contributed by atoms with E-state index in [0.717, 1.165) is 24.6 Å². The number of aliphatic imine (C=N–C) groups is 1. The van der Waals surface area contributed by atoms with Gasteiger partial charge in [-0.1, -0.05) is 6.92 Å². The third-order valence-electron chi connectivity index (χ3n) is 2.79. The molecule has 0 spiro atoms. The van der Waals surface area contributed by atoms with Crippen LogP contribution in [0.2, 0.25) is 0 Å². The monoisotopic (exact) mass is 308 g/mol. The van der Waals surface area contributed by atoms with Crippen molar-refractivity contribution in [1.82, 2.24) is 15.6 Å². The van der Waals surface area contributed by atoms with Crippen LogP contribution < -0.4 is 10.6 Å².